The van der Waals surface area contributed by atoms with Crippen molar-refractivity contribution in [3.05, 3.63) is 181 Å². The zero-order valence-electron chi connectivity index (χ0n) is 25.7. The first kappa shape index (κ1) is 28.5. The number of aryl methyl sites for hydroxylation is 1. The first-order valence-electron chi connectivity index (χ1n) is 15.6. The summed E-state index contributed by atoms with van der Waals surface area (Å²) in [4.78, 5) is 2.11. The monoisotopic (exact) mass is 612 g/mol. The van der Waals surface area contributed by atoms with E-state index in [2.05, 4.69) is 107 Å². The highest BCUT2D eigenvalue weighted by molar-refractivity contribution is 6.10. The number of rotatable bonds is 6. The Morgan fingerprint density at radius 1 is 0.426 bits per heavy atom. The predicted molar refractivity (Wildman–Crippen MR) is 191 cm³/mol. The number of fused-ring (bicyclic) bond motifs is 3. The molecule has 1 heterocycles. The van der Waals surface area contributed by atoms with Gasteiger partial charge in [-0.15, -0.1) is 0 Å². The number of benzene rings is 7. The Labute approximate surface area is 272 Å². The van der Waals surface area contributed by atoms with Gasteiger partial charge < -0.3 is 9.47 Å². The van der Waals surface area contributed by atoms with Crippen molar-refractivity contribution in [2.45, 2.75) is 6.92 Å². The molecule has 8 rings (SSSR count). The Bertz CT molecular complexity index is 2340. The Balaban J connectivity index is 1.17. The minimum absolute atomic E-state index is 0.259. The summed E-state index contributed by atoms with van der Waals surface area (Å²) in [5.74, 6) is -0.542. The standard InChI is InChI=1S/C43H30F2N2/c1-29-6-19-39(20-7-29)47-42-5-3-2-4-40(42)41-28-33(14-27-43(41)47)32-12-23-37(24-13-32)46(38-25-17-35(45)18-26-38)36-21-10-31(11-22-36)30-8-15-34(44)16-9-30/h2-28H,1H3. The van der Waals surface area contributed by atoms with E-state index in [0.29, 0.717) is 0 Å². The summed E-state index contributed by atoms with van der Waals surface area (Å²) in [6, 6.07) is 53.5. The lowest BCUT2D eigenvalue weighted by atomic mass is 10.0. The van der Waals surface area contributed by atoms with Crippen LogP contribution in [0.3, 0.4) is 0 Å². The average Bonchev–Trinajstić information content (AvgIpc) is 3.44. The number of para-hydroxylation sites is 1. The van der Waals surface area contributed by atoms with Crippen molar-refractivity contribution in [2.24, 2.45) is 0 Å². The van der Waals surface area contributed by atoms with Crippen molar-refractivity contribution in [3.8, 4) is 27.9 Å². The third-order valence-electron chi connectivity index (χ3n) is 8.81. The molecule has 0 saturated carbocycles. The molecular weight excluding hydrogens is 582 g/mol. The molecule has 2 nitrogen and oxygen atoms in total. The minimum Gasteiger partial charge on any atom is -0.311 e. The Morgan fingerprint density at radius 2 is 0.872 bits per heavy atom. The number of aromatic nitrogens is 1. The van der Waals surface area contributed by atoms with Crippen molar-refractivity contribution in [2.75, 3.05) is 4.90 Å². The van der Waals surface area contributed by atoms with Crippen LogP contribution < -0.4 is 4.90 Å². The van der Waals surface area contributed by atoms with Gasteiger partial charge in [0.2, 0.25) is 0 Å². The van der Waals surface area contributed by atoms with Crippen LogP contribution in [0.1, 0.15) is 5.56 Å². The maximum absolute atomic E-state index is 13.9. The average molecular weight is 613 g/mol. The van der Waals surface area contributed by atoms with Crippen LogP contribution in [0.2, 0.25) is 0 Å². The predicted octanol–water partition coefficient (Wildman–Crippen LogP) is 12.2. The van der Waals surface area contributed by atoms with E-state index >= 15 is 0 Å². The van der Waals surface area contributed by atoms with E-state index < -0.39 is 0 Å². The summed E-state index contributed by atoms with van der Waals surface area (Å²) >= 11 is 0. The van der Waals surface area contributed by atoms with E-state index in [0.717, 1.165) is 45.0 Å². The highest BCUT2D eigenvalue weighted by atomic mass is 19.1. The zero-order chi connectivity index (χ0) is 31.9. The fourth-order valence-electron chi connectivity index (χ4n) is 6.41. The molecule has 0 unspecified atom stereocenters. The molecule has 0 N–H and O–H groups in total. The smallest absolute Gasteiger partial charge is 0.123 e. The lowest BCUT2D eigenvalue weighted by molar-refractivity contribution is 0.627. The van der Waals surface area contributed by atoms with Crippen LogP contribution in [-0.2, 0) is 0 Å². The topological polar surface area (TPSA) is 8.17 Å². The molecule has 0 amide bonds. The number of hydrogen-bond acceptors (Lipinski definition) is 1. The second kappa shape index (κ2) is 11.7. The highest BCUT2D eigenvalue weighted by Crippen LogP contribution is 2.38. The second-order valence-corrected chi connectivity index (χ2v) is 11.8. The molecule has 7 aromatic carbocycles. The molecule has 1 aromatic heterocycles. The van der Waals surface area contributed by atoms with Crippen LogP contribution in [0.25, 0.3) is 49.7 Å². The van der Waals surface area contributed by atoms with Crippen LogP contribution in [0.4, 0.5) is 25.8 Å². The van der Waals surface area contributed by atoms with Gasteiger partial charge in [-0.1, -0.05) is 78.4 Å². The third kappa shape index (κ3) is 5.34. The Hall–Kier alpha value is -6.00. The first-order valence-corrected chi connectivity index (χ1v) is 15.6. The number of hydrogen-bond donors (Lipinski definition) is 0. The molecule has 0 aliphatic carbocycles. The first-order chi connectivity index (χ1) is 23.0. The third-order valence-corrected chi connectivity index (χ3v) is 8.81. The van der Waals surface area contributed by atoms with Gasteiger partial charge in [-0.2, -0.15) is 0 Å². The van der Waals surface area contributed by atoms with Crippen LogP contribution in [-0.4, -0.2) is 4.57 Å². The molecule has 4 heteroatoms. The van der Waals surface area contributed by atoms with Gasteiger partial charge in [-0.3, -0.25) is 0 Å². The summed E-state index contributed by atoms with van der Waals surface area (Å²) in [6.07, 6.45) is 0. The van der Waals surface area contributed by atoms with E-state index in [1.807, 2.05) is 24.3 Å². The summed E-state index contributed by atoms with van der Waals surface area (Å²) < 4.78 is 29.8. The van der Waals surface area contributed by atoms with Gasteiger partial charge >= 0.3 is 0 Å². The van der Waals surface area contributed by atoms with Gasteiger partial charge in [0, 0.05) is 33.5 Å². The van der Waals surface area contributed by atoms with Gasteiger partial charge in [0.1, 0.15) is 11.6 Å². The second-order valence-electron chi connectivity index (χ2n) is 11.8. The van der Waals surface area contributed by atoms with Gasteiger partial charge in [-0.25, -0.2) is 8.78 Å². The molecule has 0 fully saturated rings. The molecule has 8 aromatic rings. The van der Waals surface area contributed by atoms with Crippen molar-refractivity contribution in [1.29, 1.82) is 0 Å². The number of anilines is 3. The molecule has 0 aliphatic heterocycles. The molecule has 0 atom stereocenters. The normalized spacial score (nSPS) is 11.3. The lowest BCUT2D eigenvalue weighted by Crippen LogP contribution is -2.09. The van der Waals surface area contributed by atoms with Crippen molar-refractivity contribution in [3.63, 3.8) is 0 Å². The van der Waals surface area contributed by atoms with Gasteiger partial charge in [0.05, 0.1) is 11.0 Å². The molecule has 0 radical (unpaired) electrons. The molecule has 0 aliphatic rings. The fraction of sp³-hybridized carbons (Fsp3) is 0.0233. The fourth-order valence-corrected chi connectivity index (χ4v) is 6.41. The number of halogens is 2. The van der Waals surface area contributed by atoms with Crippen LogP contribution in [0.15, 0.2) is 164 Å². The number of nitrogens with zero attached hydrogens (tertiary/aromatic N) is 2. The quantitative estimate of drug-likeness (QED) is 0.181. The zero-order valence-corrected chi connectivity index (χ0v) is 25.7. The SMILES string of the molecule is Cc1ccc(-n2c3ccccc3c3cc(-c4ccc(N(c5ccc(F)cc5)c5ccc(-c6ccc(F)cc6)cc5)cc4)ccc32)cc1. The maximum Gasteiger partial charge on any atom is 0.123 e. The maximum atomic E-state index is 13.9. The van der Waals surface area contributed by atoms with Gasteiger partial charge in [0.25, 0.3) is 0 Å². The summed E-state index contributed by atoms with van der Waals surface area (Å²) in [7, 11) is 0. The molecular formula is C43H30F2N2. The van der Waals surface area contributed by atoms with Gasteiger partial charge in [0.15, 0.2) is 0 Å². The molecule has 226 valence electrons. The molecule has 47 heavy (non-hydrogen) atoms. The molecule has 0 spiro atoms. The van der Waals surface area contributed by atoms with E-state index in [9.17, 15) is 8.78 Å². The van der Waals surface area contributed by atoms with E-state index in [-0.39, 0.29) is 11.6 Å². The van der Waals surface area contributed by atoms with Crippen molar-refractivity contribution in [1.82, 2.24) is 4.57 Å². The van der Waals surface area contributed by atoms with Crippen molar-refractivity contribution >= 4 is 38.9 Å². The van der Waals surface area contributed by atoms with Crippen LogP contribution >= 0.6 is 0 Å². The van der Waals surface area contributed by atoms with Crippen molar-refractivity contribution < 1.29 is 8.78 Å². The lowest BCUT2D eigenvalue weighted by Gasteiger charge is -2.26. The van der Waals surface area contributed by atoms with Crippen LogP contribution in [0.5, 0.6) is 0 Å². The summed E-state index contributed by atoms with van der Waals surface area (Å²) in [5.41, 5.74) is 11.6. The summed E-state index contributed by atoms with van der Waals surface area (Å²) in [5, 5.41) is 2.42. The van der Waals surface area contributed by atoms with E-state index in [4.69, 9.17) is 0 Å². The van der Waals surface area contributed by atoms with Crippen LogP contribution in [0, 0.1) is 18.6 Å². The van der Waals surface area contributed by atoms with E-state index in [1.165, 1.54) is 51.6 Å². The van der Waals surface area contributed by atoms with E-state index in [1.54, 1.807) is 24.3 Å². The van der Waals surface area contributed by atoms with Gasteiger partial charge in [-0.05, 0) is 120 Å². The highest BCUT2D eigenvalue weighted by Gasteiger charge is 2.16. The Kier molecular flexibility index (Phi) is 7.11. The largest absolute Gasteiger partial charge is 0.311 e. The molecule has 0 saturated heterocycles. The summed E-state index contributed by atoms with van der Waals surface area (Å²) in [6.45, 7) is 2.11. The Morgan fingerprint density at radius 3 is 1.47 bits per heavy atom. The minimum atomic E-state index is -0.283. The molecule has 0 bridgehead atoms.